The van der Waals surface area contributed by atoms with E-state index in [4.69, 9.17) is 9.26 Å². The van der Waals surface area contributed by atoms with E-state index in [2.05, 4.69) is 21.1 Å². The molecule has 2 aromatic rings. The molecule has 1 saturated heterocycles. The van der Waals surface area contributed by atoms with Gasteiger partial charge in [0.2, 0.25) is 0 Å². The summed E-state index contributed by atoms with van der Waals surface area (Å²) in [6.07, 6.45) is 3.76. The van der Waals surface area contributed by atoms with Gasteiger partial charge < -0.3 is 9.26 Å². The average Bonchev–Trinajstić information content (AvgIpc) is 2.80. The van der Waals surface area contributed by atoms with E-state index in [1.807, 2.05) is 26.1 Å². The van der Waals surface area contributed by atoms with Crippen molar-refractivity contribution in [2.24, 2.45) is 0 Å². The van der Waals surface area contributed by atoms with Crippen LogP contribution in [0.25, 0.3) is 0 Å². The van der Waals surface area contributed by atoms with Gasteiger partial charge in [-0.1, -0.05) is 11.2 Å². The molecule has 106 valence electrons. The average molecular weight is 273 g/mol. The van der Waals surface area contributed by atoms with E-state index in [0.29, 0.717) is 0 Å². The molecule has 2 aromatic heterocycles. The molecule has 0 amide bonds. The summed E-state index contributed by atoms with van der Waals surface area (Å²) in [5.41, 5.74) is 3.31. The van der Waals surface area contributed by atoms with Crippen LogP contribution in [0.1, 0.15) is 28.7 Å². The van der Waals surface area contributed by atoms with Crippen molar-refractivity contribution >= 4 is 0 Å². The van der Waals surface area contributed by atoms with Crippen LogP contribution in [-0.2, 0) is 11.3 Å². The first-order chi connectivity index (χ1) is 9.74. The molecule has 0 aliphatic carbocycles. The Labute approximate surface area is 118 Å². The van der Waals surface area contributed by atoms with E-state index >= 15 is 0 Å². The Morgan fingerprint density at radius 2 is 2.30 bits per heavy atom. The molecule has 0 unspecified atom stereocenters. The molecule has 0 aromatic carbocycles. The minimum Gasteiger partial charge on any atom is -0.371 e. The number of morpholine rings is 1. The van der Waals surface area contributed by atoms with Crippen LogP contribution in [0.15, 0.2) is 29.0 Å². The molecule has 1 fully saturated rings. The van der Waals surface area contributed by atoms with Gasteiger partial charge in [0.25, 0.3) is 0 Å². The number of ether oxygens (including phenoxy) is 1. The first kappa shape index (κ1) is 13.3. The van der Waals surface area contributed by atoms with Crippen molar-refractivity contribution in [3.63, 3.8) is 0 Å². The molecular weight excluding hydrogens is 254 g/mol. The third kappa shape index (κ3) is 2.73. The van der Waals surface area contributed by atoms with Crippen molar-refractivity contribution in [1.29, 1.82) is 0 Å². The highest BCUT2D eigenvalue weighted by Gasteiger charge is 2.23. The number of rotatable bonds is 3. The zero-order valence-electron chi connectivity index (χ0n) is 11.9. The molecule has 0 radical (unpaired) electrons. The second-order valence-corrected chi connectivity index (χ2v) is 5.18. The van der Waals surface area contributed by atoms with Gasteiger partial charge in [0.05, 0.1) is 18.4 Å². The summed E-state index contributed by atoms with van der Waals surface area (Å²) in [4.78, 5) is 6.55. The lowest BCUT2D eigenvalue weighted by molar-refractivity contribution is -0.0332. The van der Waals surface area contributed by atoms with Crippen molar-refractivity contribution in [2.75, 3.05) is 19.7 Å². The largest absolute Gasteiger partial charge is 0.371 e. The third-order valence-corrected chi connectivity index (χ3v) is 3.77. The Hall–Kier alpha value is -1.72. The van der Waals surface area contributed by atoms with E-state index in [1.54, 1.807) is 6.20 Å². The van der Waals surface area contributed by atoms with Crippen LogP contribution in [0.3, 0.4) is 0 Å². The fourth-order valence-electron chi connectivity index (χ4n) is 2.57. The molecule has 1 atom stereocenters. The van der Waals surface area contributed by atoms with Crippen molar-refractivity contribution < 1.29 is 9.26 Å². The molecule has 3 rings (SSSR count). The van der Waals surface area contributed by atoms with Gasteiger partial charge in [0, 0.05) is 43.2 Å². The third-order valence-electron chi connectivity index (χ3n) is 3.77. The molecule has 1 aliphatic rings. The Morgan fingerprint density at radius 3 is 3.00 bits per heavy atom. The van der Waals surface area contributed by atoms with Gasteiger partial charge >= 0.3 is 0 Å². The van der Waals surface area contributed by atoms with Gasteiger partial charge in [0.15, 0.2) is 0 Å². The molecule has 0 spiro atoms. The minimum absolute atomic E-state index is 0.0953. The van der Waals surface area contributed by atoms with Gasteiger partial charge in [0.1, 0.15) is 5.76 Å². The highest BCUT2D eigenvalue weighted by molar-refractivity contribution is 5.21. The molecule has 3 heterocycles. The Kier molecular flexibility index (Phi) is 3.80. The summed E-state index contributed by atoms with van der Waals surface area (Å²) in [7, 11) is 0. The SMILES string of the molecule is Cc1noc(C)c1CN1CCO[C@H](c2cccnc2)C1. The maximum atomic E-state index is 5.85. The van der Waals surface area contributed by atoms with Gasteiger partial charge in [-0.25, -0.2) is 0 Å². The molecule has 5 heteroatoms. The number of hydrogen-bond donors (Lipinski definition) is 0. The lowest BCUT2D eigenvalue weighted by Crippen LogP contribution is -2.38. The van der Waals surface area contributed by atoms with E-state index < -0.39 is 0 Å². The second kappa shape index (κ2) is 5.73. The quantitative estimate of drug-likeness (QED) is 0.858. The molecule has 0 N–H and O–H groups in total. The van der Waals surface area contributed by atoms with Crippen LogP contribution in [0.4, 0.5) is 0 Å². The zero-order chi connectivity index (χ0) is 13.9. The Bertz CT molecular complexity index is 548. The summed E-state index contributed by atoms with van der Waals surface area (Å²) in [5.74, 6) is 0.909. The standard InChI is InChI=1S/C15H19N3O2/c1-11-14(12(2)20-17-11)9-18-6-7-19-15(10-18)13-4-3-5-16-8-13/h3-5,8,15H,6-7,9-10H2,1-2H3/t15-/m0/s1. The van der Waals surface area contributed by atoms with Gasteiger partial charge in [-0.15, -0.1) is 0 Å². The zero-order valence-corrected chi connectivity index (χ0v) is 11.9. The smallest absolute Gasteiger partial charge is 0.138 e. The topological polar surface area (TPSA) is 51.4 Å². The summed E-state index contributed by atoms with van der Waals surface area (Å²) in [6.45, 7) is 7.36. The number of hydrogen-bond acceptors (Lipinski definition) is 5. The molecule has 5 nitrogen and oxygen atoms in total. The van der Waals surface area contributed by atoms with Crippen LogP contribution in [0.2, 0.25) is 0 Å². The number of aromatic nitrogens is 2. The van der Waals surface area contributed by atoms with Crippen molar-refractivity contribution in [1.82, 2.24) is 15.0 Å². The maximum Gasteiger partial charge on any atom is 0.138 e. The lowest BCUT2D eigenvalue weighted by Gasteiger charge is -2.32. The Morgan fingerprint density at radius 1 is 1.40 bits per heavy atom. The monoisotopic (exact) mass is 273 g/mol. The number of nitrogens with zero attached hydrogens (tertiary/aromatic N) is 3. The minimum atomic E-state index is 0.0953. The predicted molar refractivity (Wildman–Crippen MR) is 74.2 cm³/mol. The van der Waals surface area contributed by atoms with Crippen LogP contribution in [0.5, 0.6) is 0 Å². The van der Waals surface area contributed by atoms with Crippen LogP contribution in [-0.4, -0.2) is 34.7 Å². The molecular formula is C15H19N3O2. The molecule has 0 saturated carbocycles. The number of pyridine rings is 1. The fourth-order valence-corrected chi connectivity index (χ4v) is 2.57. The highest BCUT2D eigenvalue weighted by Crippen LogP contribution is 2.24. The van der Waals surface area contributed by atoms with Gasteiger partial charge in [-0.05, 0) is 19.9 Å². The Balaban J connectivity index is 1.70. The summed E-state index contributed by atoms with van der Waals surface area (Å²) < 4.78 is 11.1. The predicted octanol–water partition coefficient (Wildman–Crippen LogP) is 2.26. The summed E-state index contributed by atoms with van der Waals surface area (Å²) in [5, 5.41) is 4.02. The van der Waals surface area contributed by atoms with E-state index in [9.17, 15) is 0 Å². The van der Waals surface area contributed by atoms with Crippen LogP contribution < -0.4 is 0 Å². The summed E-state index contributed by atoms with van der Waals surface area (Å²) >= 11 is 0. The van der Waals surface area contributed by atoms with Crippen molar-refractivity contribution in [3.8, 4) is 0 Å². The van der Waals surface area contributed by atoms with Crippen molar-refractivity contribution in [2.45, 2.75) is 26.5 Å². The van der Waals surface area contributed by atoms with Crippen molar-refractivity contribution in [3.05, 3.63) is 47.1 Å². The normalized spacial score (nSPS) is 20.2. The van der Waals surface area contributed by atoms with Crippen LogP contribution >= 0.6 is 0 Å². The van der Waals surface area contributed by atoms with E-state index in [-0.39, 0.29) is 6.10 Å². The second-order valence-electron chi connectivity index (χ2n) is 5.18. The molecule has 1 aliphatic heterocycles. The highest BCUT2D eigenvalue weighted by atomic mass is 16.5. The van der Waals surface area contributed by atoms with Crippen LogP contribution in [0, 0.1) is 13.8 Å². The van der Waals surface area contributed by atoms with Gasteiger partial charge in [-0.3, -0.25) is 9.88 Å². The molecule has 20 heavy (non-hydrogen) atoms. The fraction of sp³-hybridized carbons (Fsp3) is 0.467. The first-order valence-electron chi connectivity index (χ1n) is 6.89. The maximum absolute atomic E-state index is 5.85. The van der Waals surface area contributed by atoms with E-state index in [1.165, 1.54) is 5.56 Å². The number of aryl methyl sites for hydroxylation is 2. The van der Waals surface area contributed by atoms with Gasteiger partial charge in [-0.2, -0.15) is 0 Å². The van der Waals surface area contributed by atoms with E-state index in [0.717, 1.165) is 43.3 Å². The molecule has 0 bridgehead atoms. The summed E-state index contributed by atoms with van der Waals surface area (Å²) in [6, 6.07) is 4.02. The lowest BCUT2D eigenvalue weighted by atomic mass is 10.1. The first-order valence-corrected chi connectivity index (χ1v) is 6.89.